The molecule has 0 atom stereocenters. The van der Waals surface area contributed by atoms with Crippen molar-refractivity contribution in [2.45, 2.75) is 226 Å². The van der Waals surface area contributed by atoms with Crippen LogP contribution in [-0.4, -0.2) is 19.9 Å². The van der Waals surface area contributed by atoms with Crippen molar-refractivity contribution in [2.24, 2.45) is 28.2 Å². The number of benzene rings is 4. The molecule has 0 saturated carbocycles. The van der Waals surface area contributed by atoms with E-state index in [9.17, 15) is 0 Å². The average molecular weight is 1530 g/mol. The Morgan fingerprint density at radius 2 is 0.526 bits per heavy atom. The Morgan fingerprint density at radius 1 is 0.289 bits per heavy atom. The van der Waals surface area contributed by atoms with Gasteiger partial charge in [-0.25, -0.2) is 38.2 Å². The number of nitrogens with zero attached hydrogens (tertiary/aromatic N) is 8. The number of fused-ring (bicyclic) bond motifs is 12. The Kier molecular flexibility index (Phi) is 22.2. The van der Waals surface area contributed by atoms with E-state index in [1.54, 1.807) is 13.8 Å². The van der Waals surface area contributed by atoms with Gasteiger partial charge >= 0.3 is 0 Å². The Morgan fingerprint density at radius 3 is 0.763 bits per heavy atom. The molecule has 0 fully saturated rings. The Balaban J connectivity index is 0.000000136. The van der Waals surface area contributed by atoms with E-state index in [4.69, 9.17) is 38.1 Å². The maximum absolute atomic E-state index is 8.31. The highest BCUT2D eigenvalue weighted by molar-refractivity contribution is 6.12. The second-order valence-electron chi connectivity index (χ2n) is 33.1. The Labute approximate surface area is 681 Å². The summed E-state index contributed by atoms with van der Waals surface area (Å²) in [6, 6.07) is 43.0. The Hall–Kier alpha value is -10.7. The molecule has 0 aliphatic heterocycles. The average Bonchev–Trinajstić information content (AvgIpc) is 1.57. The highest BCUT2D eigenvalue weighted by Gasteiger charge is 2.30. The minimum atomic E-state index is -1.41. The molecule has 0 amide bonds. The fraction of sp³-hybridized carbons (Fsp3) is 0.373. The van der Waals surface area contributed by atoms with Gasteiger partial charge in [0.05, 0.1) is 22.3 Å². The third-order valence-electron chi connectivity index (χ3n) is 23.1. The molecule has 16 aromatic rings. The molecule has 588 valence electrons. The summed E-state index contributed by atoms with van der Waals surface area (Å²) in [6.45, 7) is 46.5. The van der Waals surface area contributed by atoms with Crippen LogP contribution in [0.5, 0.6) is 0 Å². The summed E-state index contributed by atoms with van der Waals surface area (Å²) in [7, 11) is 8.22. The highest BCUT2D eigenvalue weighted by Crippen LogP contribution is 2.43. The van der Waals surface area contributed by atoms with Gasteiger partial charge in [-0.2, -0.15) is 0 Å². The molecule has 16 rings (SSSR count). The molecule has 114 heavy (non-hydrogen) atoms. The predicted molar refractivity (Wildman–Crippen MR) is 472 cm³/mol. The first-order valence-corrected chi connectivity index (χ1v) is 41.3. The van der Waals surface area contributed by atoms with Crippen LogP contribution < -0.4 is 18.3 Å². The van der Waals surface area contributed by atoms with Crippen molar-refractivity contribution in [3.05, 3.63) is 236 Å². The van der Waals surface area contributed by atoms with Crippen LogP contribution in [0.2, 0.25) is 0 Å². The number of pyridine rings is 8. The quantitative estimate of drug-likeness (QED) is 0.0878. The van der Waals surface area contributed by atoms with Crippen molar-refractivity contribution in [3.8, 4) is 45.0 Å². The van der Waals surface area contributed by atoms with E-state index in [2.05, 4.69) is 300 Å². The van der Waals surface area contributed by atoms with Crippen LogP contribution in [0.15, 0.2) is 164 Å². The lowest BCUT2D eigenvalue weighted by Gasteiger charge is -2.13. The van der Waals surface area contributed by atoms with E-state index in [0.717, 1.165) is 181 Å². The van der Waals surface area contributed by atoms with Crippen molar-refractivity contribution in [3.63, 3.8) is 0 Å². The van der Waals surface area contributed by atoms with Gasteiger partial charge < -0.3 is 17.7 Å². The van der Waals surface area contributed by atoms with Crippen molar-refractivity contribution >= 4 is 88.3 Å². The molecule has 0 spiro atoms. The predicted octanol–water partition coefficient (Wildman–Crippen LogP) is 25.2. The molecule has 12 aromatic heterocycles. The second-order valence-corrected chi connectivity index (χ2v) is 33.1. The zero-order valence-electron chi connectivity index (χ0n) is 76.4. The summed E-state index contributed by atoms with van der Waals surface area (Å²) >= 11 is 0. The third-order valence-corrected chi connectivity index (χ3v) is 23.1. The monoisotopic (exact) mass is 1520 g/mol. The minimum Gasteiger partial charge on any atom is -0.437 e. The van der Waals surface area contributed by atoms with Crippen LogP contribution in [0.25, 0.3) is 133 Å². The van der Waals surface area contributed by atoms with E-state index in [1.165, 1.54) is 55.9 Å². The van der Waals surface area contributed by atoms with Gasteiger partial charge in [-0.3, -0.25) is 0 Å². The first-order chi connectivity index (χ1) is 55.8. The lowest BCUT2D eigenvalue weighted by atomic mass is 9.93. The van der Waals surface area contributed by atoms with Gasteiger partial charge in [0.2, 0.25) is 45.6 Å². The molecular formula is C102H120N8O4+4. The molecule has 0 bridgehead atoms. The molecule has 0 N–H and O–H groups in total. The van der Waals surface area contributed by atoms with Gasteiger partial charge in [-0.05, 0) is 195 Å². The van der Waals surface area contributed by atoms with Crippen LogP contribution in [0.4, 0.5) is 0 Å². The smallest absolute Gasteiger partial charge is 0.227 e. The second kappa shape index (κ2) is 33.4. The highest BCUT2D eigenvalue weighted by atomic mass is 16.4. The summed E-state index contributed by atoms with van der Waals surface area (Å²) in [5, 5.41) is 8.60. The van der Waals surface area contributed by atoms with Crippen molar-refractivity contribution < 1.29 is 41.4 Å². The minimum absolute atomic E-state index is 0.204. The normalized spacial score (nSPS) is 12.7. The standard InChI is InChI=1S/2C26H31N2O.2C25H29N2O/c2*1-8-18-14-28(7)23(13-21(18)15(2)3)24-17(6)9-10-19-20-11-12-22(16(4)5)27-26(20)29-25(19)24;2*1-7-17-14-27(6)22(13-21(17)15(3)4)23-16(5)9-11-19-20-12-10-18(8-2)26-25(20)28-24(19)23/h2*9-16H,8H2,1-7H3;2*9-15H,7-8H2,1-6H3/q4*+1/i8D2;;7D2;. The van der Waals surface area contributed by atoms with Crippen molar-refractivity contribution in [2.75, 3.05) is 0 Å². The molecule has 0 saturated heterocycles. The van der Waals surface area contributed by atoms with Crippen LogP contribution in [-0.2, 0) is 66.6 Å². The third kappa shape index (κ3) is 15.4. The maximum atomic E-state index is 8.31. The molecule has 0 unspecified atom stereocenters. The number of aryl methyl sites for hydroxylation is 14. The maximum Gasteiger partial charge on any atom is 0.227 e. The van der Waals surface area contributed by atoms with Crippen LogP contribution >= 0.6 is 0 Å². The van der Waals surface area contributed by atoms with E-state index in [0.29, 0.717) is 35.1 Å². The zero-order chi connectivity index (χ0) is 85.3. The van der Waals surface area contributed by atoms with Gasteiger partial charge in [0, 0.05) is 118 Å². The molecule has 0 aliphatic rings. The molecule has 12 heterocycles. The van der Waals surface area contributed by atoms with E-state index in [1.807, 2.05) is 35.6 Å². The van der Waals surface area contributed by atoms with Gasteiger partial charge in [0.15, 0.2) is 47.1 Å². The SMILES string of the molecule is CCc1c[n+](C)c(-c2c(C)ccc3c2oc2nc(C(C)C)ccc23)cc1C(C)C.CCc1ccc2c(n1)oc1c(-c3cc(C(C)C)c(CC)c[n+]3C)c(C)ccc12.[2H]C([2H])(C)c1c[n+](C)c(-c2c(C)ccc3c2oc2nc(C(C)C)ccc23)cc1C(C)C.[2H]C([2H])(C)c1c[n+](C)c(-c2c(C)ccc3c2oc2nc(CC)ccc23)cc1C(C)C. The van der Waals surface area contributed by atoms with E-state index >= 15 is 0 Å². The van der Waals surface area contributed by atoms with Crippen LogP contribution in [0.3, 0.4) is 0 Å². The molecular weight excluding hydrogens is 1400 g/mol. The van der Waals surface area contributed by atoms with Gasteiger partial charge in [0.25, 0.3) is 0 Å². The van der Waals surface area contributed by atoms with Gasteiger partial charge in [-0.15, -0.1) is 0 Å². The molecule has 12 nitrogen and oxygen atoms in total. The number of hydrogen-bond donors (Lipinski definition) is 0. The largest absolute Gasteiger partial charge is 0.437 e. The van der Waals surface area contributed by atoms with Crippen molar-refractivity contribution in [1.82, 2.24) is 19.9 Å². The fourth-order valence-corrected chi connectivity index (χ4v) is 16.5. The van der Waals surface area contributed by atoms with E-state index < -0.39 is 12.7 Å². The summed E-state index contributed by atoms with van der Waals surface area (Å²) < 4.78 is 67.1. The van der Waals surface area contributed by atoms with Gasteiger partial charge in [0.1, 0.15) is 28.2 Å². The lowest BCUT2D eigenvalue weighted by Crippen LogP contribution is -2.32. The summed E-state index contributed by atoms with van der Waals surface area (Å²) in [6.07, 6.45) is 9.45. The molecule has 4 aromatic carbocycles. The lowest BCUT2D eigenvalue weighted by molar-refractivity contribution is -0.661. The zero-order valence-corrected chi connectivity index (χ0v) is 72.4. The van der Waals surface area contributed by atoms with E-state index in [-0.39, 0.29) is 11.8 Å². The molecule has 12 heteroatoms. The van der Waals surface area contributed by atoms with Crippen LogP contribution in [0, 0.1) is 27.7 Å². The summed E-state index contributed by atoms with van der Waals surface area (Å²) in [5.41, 5.74) is 33.1. The number of furan rings is 4. The van der Waals surface area contributed by atoms with Crippen LogP contribution in [0.1, 0.15) is 255 Å². The summed E-state index contributed by atoms with van der Waals surface area (Å²) in [4.78, 5) is 19.0. The fourth-order valence-electron chi connectivity index (χ4n) is 16.5. The van der Waals surface area contributed by atoms with Crippen molar-refractivity contribution in [1.29, 1.82) is 0 Å². The topological polar surface area (TPSA) is 120 Å². The number of rotatable bonds is 16. The molecule has 0 radical (unpaired) electrons. The first-order valence-electron chi connectivity index (χ1n) is 43.3. The first kappa shape index (κ1) is 75.9. The Bertz CT molecular complexity index is 6540. The number of aromatic nitrogens is 8. The number of hydrogen-bond acceptors (Lipinski definition) is 8. The summed E-state index contributed by atoms with van der Waals surface area (Å²) in [5.74, 6) is 2.09. The van der Waals surface area contributed by atoms with Gasteiger partial charge in [-0.1, -0.05) is 173 Å². The molecule has 0 aliphatic carbocycles.